The molecule has 0 saturated carbocycles. The number of hydrogen-bond donors (Lipinski definition) is 2. The smallest absolute Gasteiger partial charge is 0.287 e. The number of amides is 1. The van der Waals surface area contributed by atoms with E-state index in [-0.39, 0.29) is 17.3 Å². The Morgan fingerprint density at radius 2 is 2.32 bits per heavy atom. The van der Waals surface area contributed by atoms with Crippen LogP contribution in [0.5, 0.6) is 5.75 Å². The summed E-state index contributed by atoms with van der Waals surface area (Å²) in [7, 11) is 0. The third-order valence-electron chi connectivity index (χ3n) is 2.19. The summed E-state index contributed by atoms with van der Waals surface area (Å²) in [5.74, 6) is 4.51. The van der Waals surface area contributed by atoms with Gasteiger partial charge in [0.1, 0.15) is 18.2 Å². The van der Waals surface area contributed by atoms with Crippen LogP contribution in [0, 0.1) is 5.82 Å². The Bertz CT molecular complexity index is 603. The van der Waals surface area contributed by atoms with Gasteiger partial charge in [0, 0.05) is 6.07 Å². The lowest BCUT2D eigenvalue weighted by atomic mass is 10.3. The van der Waals surface area contributed by atoms with Gasteiger partial charge < -0.3 is 9.26 Å². The molecule has 19 heavy (non-hydrogen) atoms. The first-order valence-corrected chi connectivity index (χ1v) is 5.52. The maximum Gasteiger partial charge on any atom is 0.287 e. The average molecular weight is 286 g/mol. The zero-order chi connectivity index (χ0) is 13.8. The van der Waals surface area contributed by atoms with Crippen molar-refractivity contribution in [2.24, 2.45) is 5.84 Å². The summed E-state index contributed by atoms with van der Waals surface area (Å²) < 4.78 is 23.0. The van der Waals surface area contributed by atoms with Crippen molar-refractivity contribution in [3.63, 3.8) is 0 Å². The summed E-state index contributed by atoms with van der Waals surface area (Å²) in [4.78, 5) is 11.1. The maximum absolute atomic E-state index is 12.8. The number of carbonyl (C=O) groups excluding carboxylic acids is 1. The van der Waals surface area contributed by atoms with Crippen molar-refractivity contribution in [3.05, 3.63) is 46.6 Å². The molecule has 3 N–H and O–H groups in total. The Balaban J connectivity index is 2.02. The molecule has 0 aliphatic carbocycles. The number of carbonyl (C=O) groups is 1. The lowest BCUT2D eigenvalue weighted by Gasteiger charge is -2.05. The second-order valence-corrected chi connectivity index (χ2v) is 3.92. The first-order valence-electron chi connectivity index (χ1n) is 5.14. The molecule has 1 amide bonds. The van der Waals surface area contributed by atoms with Crippen LogP contribution in [0.15, 0.2) is 28.8 Å². The number of ether oxygens (including phenoxy) is 1. The third-order valence-corrected chi connectivity index (χ3v) is 2.48. The van der Waals surface area contributed by atoms with Crippen LogP contribution in [-0.2, 0) is 6.61 Å². The number of benzene rings is 1. The van der Waals surface area contributed by atoms with Gasteiger partial charge in [0.05, 0.1) is 5.02 Å². The predicted octanol–water partition coefficient (Wildman–Crippen LogP) is 1.65. The van der Waals surface area contributed by atoms with Gasteiger partial charge in [-0.1, -0.05) is 16.8 Å². The van der Waals surface area contributed by atoms with E-state index in [4.69, 9.17) is 26.7 Å². The fraction of sp³-hybridized carbons (Fsp3) is 0.0909. The molecule has 0 atom stereocenters. The minimum Gasteiger partial charge on any atom is -0.484 e. The highest BCUT2D eigenvalue weighted by Gasteiger charge is 2.12. The van der Waals surface area contributed by atoms with Crippen LogP contribution in [0.2, 0.25) is 5.02 Å². The van der Waals surface area contributed by atoms with E-state index in [2.05, 4.69) is 5.16 Å². The van der Waals surface area contributed by atoms with Gasteiger partial charge in [0.2, 0.25) is 0 Å². The van der Waals surface area contributed by atoms with E-state index in [0.29, 0.717) is 11.5 Å². The highest BCUT2D eigenvalue weighted by molar-refractivity contribution is 6.32. The van der Waals surface area contributed by atoms with Gasteiger partial charge in [0.25, 0.3) is 5.91 Å². The number of aromatic nitrogens is 1. The van der Waals surface area contributed by atoms with Gasteiger partial charge in [-0.3, -0.25) is 10.2 Å². The molecule has 0 bridgehead atoms. The van der Waals surface area contributed by atoms with Crippen LogP contribution in [-0.4, -0.2) is 11.1 Å². The number of hydrogen-bond acceptors (Lipinski definition) is 5. The molecule has 1 aromatic heterocycles. The van der Waals surface area contributed by atoms with E-state index in [1.54, 1.807) is 0 Å². The van der Waals surface area contributed by atoms with Crippen molar-refractivity contribution in [2.75, 3.05) is 0 Å². The van der Waals surface area contributed by atoms with Crippen molar-refractivity contribution in [1.29, 1.82) is 0 Å². The fourth-order valence-electron chi connectivity index (χ4n) is 1.30. The third kappa shape index (κ3) is 3.21. The van der Waals surface area contributed by atoms with Crippen molar-refractivity contribution < 1.29 is 18.4 Å². The largest absolute Gasteiger partial charge is 0.484 e. The summed E-state index contributed by atoms with van der Waals surface area (Å²) in [6.07, 6.45) is 0. The van der Waals surface area contributed by atoms with Gasteiger partial charge in [0.15, 0.2) is 11.5 Å². The van der Waals surface area contributed by atoms with E-state index < -0.39 is 11.7 Å². The highest BCUT2D eigenvalue weighted by Crippen LogP contribution is 2.25. The molecule has 0 unspecified atom stereocenters. The second-order valence-electron chi connectivity index (χ2n) is 3.52. The van der Waals surface area contributed by atoms with Crippen LogP contribution in [0.1, 0.15) is 16.2 Å². The summed E-state index contributed by atoms with van der Waals surface area (Å²) in [5, 5.41) is 3.63. The Kier molecular flexibility index (Phi) is 3.98. The molecule has 0 aliphatic rings. The minimum absolute atomic E-state index is 0.00377. The molecule has 6 nitrogen and oxygen atoms in total. The summed E-state index contributed by atoms with van der Waals surface area (Å²) in [6, 6.07) is 5.11. The number of halogens is 2. The zero-order valence-corrected chi connectivity index (χ0v) is 10.3. The molecule has 0 aliphatic heterocycles. The minimum atomic E-state index is -0.574. The Labute approximate surface area is 112 Å². The van der Waals surface area contributed by atoms with Crippen molar-refractivity contribution in [3.8, 4) is 5.75 Å². The number of nitrogen functional groups attached to an aromatic ring is 1. The first kappa shape index (κ1) is 13.3. The molecule has 2 rings (SSSR count). The number of nitrogens with two attached hydrogens (primary N) is 1. The average Bonchev–Trinajstić information content (AvgIpc) is 2.85. The molecule has 0 spiro atoms. The van der Waals surface area contributed by atoms with Gasteiger partial charge >= 0.3 is 0 Å². The van der Waals surface area contributed by atoms with E-state index in [9.17, 15) is 9.18 Å². The molecule has 1 aromatic carbocycles. The first-order chi connectivity index (χ1) is 9.10. The predicted molar refractivity (Wildman–Crippen MR) is 63.9 cm³/mol. The molecule has 0 fully saturated rings. The number of nitrogens with one attached hydrogen (secondary N) is 1. The lowest BCUT2D eigenvalue weighted by molar-refractivity contribution is 0.0944. The van der Waals surface area contributed by atoms with Crippen LogP contribution >= 0.6 is 11.6 Å². The van der Waals surface area contributed by atoms with Crippen LogP contribution < -0.4 is 16.0 Å². The highest BCUT2D eigenvalue weighted by atomic mass is 35.5. The van der Waals surface area contributed by atoms with E-state index in [0.717, 1.165) is 6.07 Å². The van der Waals surface area contributed by atoms with Gasteiger partial charge in [-0.2, -0.15) is 0 Å². The fourth-order valence-corrected chi connectivity index (χ4v) is 1.52. The quantitative estimate of drug-likeness (QED) is 0.506. The lowest BCUT2D eigenvalue weighted by Crippen LogP contribution is -2.30. The van der Waals surface area contributed by atoms with Gasteiger partial charge in [-0.05, 0) is 18.2 Å². The zero-order valence-electron chi connectivity index (χ0n) is 9.52. The normalized spacial score (nSPS) is 10.3. The molecule has 8 heteroatoms. The monoisotopic (exact) mass is 285 g/mol. The van der Waals surface area contributed by atoms with Crippen LogP contribution in [0.25, 0.3) is 0 Å². The van der Waals surface area contributed by atoms with E-state index in [1.807, 2.05) is 5.43 Å². The maximum atomic E-state index is 12.8. The van der Waals surface area contributed by atoms with Gasteiger partial charge in [-0.15, -0.1) is 0 Å². The number of rotatable bonds is 4. The molecular formula is C11H9ClFN3O3. The molecule has 2 aromatic rings. The van der Waals surface area contributed by atoms with E-state index in [1.165, 1.54) is 18.2 Å². The van der Waals surface area contributed by atoms with Crippen molar-refractivity contribution in [1.82, 2.24) is 10.6 Å². The van der Waals surface area contributed by atoms with Crippen LogP contribution in [0.3, 0.4) is 0 Å². The van der Waals surface area contributed by atoms with E-state index >= 15 is 0 Å². The summed E-state index contributed by atoms with van der Waals surface area (Å²) in [5.41, 5.74) is 1.95. The molecule has 100 valence electrons. The Morgan fingerprint density at radius 3 is 3.00 bits per heavy atom. The summed E-state index contributed by atoms with van der Waals surface area (Å²) >= 11 is 5.78. The Hall–Kier alpha value is -2.12. The SMILES string of the molecule is NNC(=O)c1cc(COc2ccc(F)cc2Cl)on1. The van der Waals surface area contributed by atoms with Crippen LogP contribution in [0.4, 0.5) is 4.39 Å². The molecule has 1 heterocycles. The number of nitrogens with zero attached hydrogens (tertiary/aromatic N) is 1. The van der Waals surface area contributed by atoms with Crippen molar-refractivity contribution in [2.45, 2.75) is 6.61 Å². The topological polar surface area (TPSA) is 90.4 Å². The summed E-state index contributed by atoms with van der Waals surface area (Å²) in [6.45, 7) is -0.00377. The molecular weight excluding hydrogens is 277 g/mol. The Morgan fingerprint density at radius 1 is 1.53 bits per heavy atom. The number of hydrazine groups is 1. The second kappa shape index (κ2) is 5.68. The van der Waals surface area contributed by atoms with Crippen molar-refractivity contribution >= 4 is 17.5 Å². The van der Waals surface area contributed by atoms with Gasteiger partial charge in [-0.25, -0.2) is 10.2 Å². The standard InChI is InChI=1S/C11H9ClFN3O3/c12-8-3-6(13)1-2-10(8)18-5-7-4-9(16-19-7)11(17)15-14/h1-4H,5,14H2,(H,15,17). The molecule has 0 saturated heterocycles. The molecule has 0 radical (unpaired) electrons.